The molecule has 3 heteroatoms. The number of pyridine rings is 1. The molecule has 3 nitrogen and oxygen atoms in total. The Hall–Kier alpha value is -0.930. The third-order valence-electron chi connectivity index (χ3n) is 2.65. The minimum atomic E-state index is -0.660. The van der Waals surface area contributed by atoms with Gasteiger partial charge in [0.25, 0.3) is 0 Å². The van der Waals surface area contributed by atoms with Crippen LogP contribution in [0.4, 0.5) is 0 Å². The molecule has 0 bridgehead atoms. The van der Waals surface area contributed by atoms with Gasteiger partial charge in [-0.2, -0.15) is 0 Å². The van der Waals surface area contributed by atoms with Crippen molar-refractivity contribution in [2.24, 2.45) is 0 Å². The summed E-state index contributed by atoms with van der Waals surface area (Å²) in [7, 11) is 0. The standard InChI is InChI=1S/C12H19NO2/c1-3-11(14)12(15)8-9(2)10-6-4-5-7-13-10/h4-7,9,11-12,14-15H,3,8H2,1-2H3. The smallest absolute Gasteiger partial charge is 0.0805 e. The molecular formula is C12H19NO2. The van der Waals surface area contributed by atoms with Gasteiger partial charge < -0.3 is 10.2 Å². The van der Waals surface area contributed by atoms with E-state index < -0.39 is 12.2 Å². The van der Waals surface area contributed by atoms with Gasteiger partial charge in [-0.25, -0.2) is 0 Å². The van der Waals surface area contributed by atoms with Gasteiger partial charge in [0.1, 0.15) is 0 Å². The SMILES string of the molecule is CCC(O)C(O)CC(C)c1ccccn1. The van der Waals surface area contributed by atoms with Crippen LogP contribution < -0.4 is 0 Å². The summed E-state index contributed by atoms with van der Waals surface area (Å²) in [6, 6.07) is 5.74. The Kier molecular flexibility index (Phi) is 4.72. The van der Waals surface area contributed by atoms with E-state index in [4.69, 9.17) is 0 Å². The number of aliphatic hydroxyl groups is 2. The van der Waals surface area contributed by atoms with Crippen LogP contribution in [0.3, 0.4) is 0 Å². The molecule has 0 saturated carbocycles. The van der Waals surface area contributed by atoms with Crippen molar-refractivity contribution in [1.29, 1.82) is 0 Å². The molecule has 0 aliphatic heterocycles. The van der Waals surface area contributed by atoms with Crippen molar-refractivity contribution in [3.8, 4) is 0 Å². The normalized spacial score (nSPS) is 17.1. The Morgan fingerprint density at radius 2 is 2.00 bits per heavy atom. The van der Waals surface area contributed by atoms with Gasteiger partial charge in [0, 0.05) is 17.8 Å². The second-order valence-corrected chi connectivity index (χ2v) is 3.93. The summed E-state index contributed by atoms with van der Waals surface area (Å²) in [6.45, 7) is 3.87. The Bertz CT molecular complexity index is 276. The summed E-state index contributed by atoms with van der Waals surface area (Å²) in [5.41, 5.74) is 0.958. The predicted octanol–water partition coefficient (Wildman–Crippen LogP) is 1.71. The van der Waals surface area contributed by atoms with Crippen molar-refractivity contribution in [3.63, 3.8) is 0 Å². The molecule has 84 valence electrons. The third-order valence-corrected chi connectivity index (χ3v) is 2.65. The zero-order chi connectivity index (χ0) is 11.3. The highest BCUT2D eigenvalue weighted by atomic mass is 16.3. The highest BCUT2D eigenvalue weighted by Crippen LogP contribution is 2.20. The van der Waals surface area contributed by atoms with Crippen LogP contribution in [0.5, 0.6) is 0 Å². The highest BCUT2D eigenvalue weighted by Gasteiger charge is 2.18. The second-order valence-electron chi connectivity index (χ2n) is 3.93. The molecule has 1 aromatic rings. The Morgan fingerprint density at radius 3 is 2.53 bits per heavy atom. The van der Waals surface area contributed by atoms with Crippen LogP contribution in [0.2, 0.25) is 0 Å². The lowest BCUT2D eigenvalue weighted by atomic mass is 9.96. The fraction of sp³-hybridized carbons (Fsp3) is 0.583. The first-order valence-electron chi connectivity index (χ1n) is 5.42. The number of aromatic nitrogens is 1. The molecule has 3 unspecified atom stereocenters. The summed E-state index contributed by atoms with van der Waals surface area (Å²) in [5, 5.41) is 19.1. The van der Waals surface area contributed by atoms with E-state index in [-0.39, 0.29) is 5.92 Å². The summed E-state index contributed by atoms with van der Waals surface area (Å²) in [4.78, 5) is 4.22. The van der Waals surface area contributed by atoms with Crippen LogP contribution in [0, 0.1) is 0 Å². The van der Waals surface area contributed by atoms with Crippen LogP contribution in [0.25, 0.3) is 0 Å². The fourth-order valence-corrected chi connectivity index (χ4v) is 1.58. The first-order valence-corrected chi connectivity index (χ1v) is 5.42. The Morgan fingerprint density at radius 1 is 1.27 bits per heavy atom. The van der Waals surface area contributed by atoms with E-state index in [1.807, 2.05) is 32.0 Å². The number of hydrogen-bond acceptors (Lipinski definition) is 3. The molecule has 1 aromatic heterocycles. The molecule has 1 heterocycles. The van der Waals surface area contributed by atoms with Crippen LogP contribution in [0.1, 0.15) is 38.3 Å². The van der Waals surface area contributed by atoms with Crippen molar-refractivity contribution >= 4 is 0 Å². The van der Waals surface area contributed by atoms with Crippen molar-refractivity contribution in [1.82, 2.24) is 4.98 Å². The van der Waals surface area contributed by atoms with Gasteiger partial charge in [0.05, 0.1) is 12.2 Å². The zero-order valence-electron chi connectivity index (χ0n) is 9.30. The van der Waals surface area contributed by atoms with Crippen LogP contribution in [0.15, 0.2) is 24.4 Å². The summed E-state index contributed by atoms with van der Waals surface area (Å²) < 4.78 is 0. The van der Waals surface area contributed by atoms with E-state index in [0.29, 0.717) is 12.8 Å². The second kappa shape index (κ2) is 5.83. The first-order chi connectivity index (χ1) is 7.15. The summed E-state index contributed by atoms with van der Waals surface area (Å²) in [5.74, 6) is 0.169. The van der Waals surface area contributed by atoms with Crippen LogP contribution in [-0.2, 0) is 0 Å². The average Bonchev–Trinajstić information content (AvgIpc) is 2.29. The van der Waals surface area contributed by atoms with E-state index >= 15 is 0 Å². The maximum atomic E-state index is 9.67. The number of hydrogen-bond donors (Lipinski definition) is 2. The molecule has 0 amide bonds. The average molecular weight is 209 g/mol. The van der Waals surface area contributed by atoms with E-state index in [1.54, 1.807) is 6.20 Å². The number of rotatable bonds is 5. The van der Waals surface area contributed by atoms with Gasteiger partial charge in [-0.1, -0.05) is 19.9 Å². The number of aliphatic hydroxyl groups excluding tert-OH is 2. The Labute approximate surface area is 90.8 Å². The monoisotopic (exact) mass is 209 g/mol. The van der Waals surface area contributed by atoms with Gasteiger partial charge in [-0.05, 0) is 25.0 Å². The maximum Gasteiger partial charge on any atom is 0.0805 e. The lowest BCUT2D eigenvalue weighted by molar-refractivity contribution is 0.00934. The highest BCUT2D eigenvalue weighted by molar-refractivity contribution is 5.08. The van der Waals surface area contributed by atoms with Crippen LogP contribution >= 0.6 is 0 Å². The van der Waals surface area contributed by atoms with Crippen molar-refractivity contribution in [3.05, 3.63) is 30.1 Å². The van der Waals surface area contributed by atoms with Gasteiger partial charge in [0.15, 0.2) is 0 Å². The number of nitrogens with zero attached hydrogens (tertiary/aromatic N) is 1. The molecule has 1 rings (SSSR count). The largest absolute Gasteiger partial charge is 0.390 e. The molecule has 0 aliphatic rings. The Balaban J connectivity index is 2.52. The molecule has 2 N–H and O–H groups in total. The van der Waals surface area contributed by atoms with Gasteiger partial charge >= 0.3 is 0 Å². The molecular weight excluding hydrogens is 190 g/mol. The minimum Gasteiger partial charge on any atom is -0.390 e. The molecule has 0 saturated heterocycles. The quantitative estimate of drug-likeness (QED) is 0.776. The van der Waals surface area contributed by atoms with E-state index in [0.717, 1.165) is 5.69 Å². The predicted molar refractivity (Wildman–Crippen MR) is 59.6 cm³/mol. The molecule has 3 atom stereocenters. The summed E-state index contributed by atoms with van der Waals surface area (Å²) >= 11 is 0. The maximum absolute atomic E-state index is 9.67. The first kappa shape index (κ1) is 12.1. The molecule has 0 aromatic carbocycles. The lowest BCUT2D eigenvalue weighted by Crippen LogP contribution is -2.26. The van der Waals surface area contributed by atoms with E-state index in [9.17, 15) is 10.2 Å². The lowest BCUT2D eigenvalue weighted by Gasteiger charge is -2.19. The van der Waals surface area contributed by atoms with Gasteiger partial charge in [-0.3, -0.25) is 4.98 Å². The van der Waals surface area contributed by atoms with Crippen molar-refractivity contribution in [2.45, 2.75) is 44.8 Å². The molecule has 0 spiro atoms. The molecule has 15 heavy (non-hydrogen) atoms. The zero-order valence-corrected chi connectivity index (χ0v) is 9.30. The van der Waals surface area contributed by atoms with Gasteiger partial charge in [-0.15, -0.1) is 0 Å². The fourth-order valence-electron chi connectivity index (χ4n) is 1.58. The van der Waals surface area contributed by atoms with Crippen molar-refractivity contribution < 1.29 is 10.2 Å². The molecule has 0 aliphatic carbocycles. The topological polar surface area (TPSA) is 53.4 Å². The van der Waals surface area contributed by atoms with E-state index in [2.05, 4.69) is 4.98 Å². The summed E-state index contributed by atoms with van der Waals surface area (Å²) in [6.07, 6.45) is 1.58. The third kappa shape index (κ3) is 3.61. The minimum absolute atomic E-state index is 0.169. The van der Waals surface area contributed by atoms with E-state index in [1.165, 1.54) is 0 Å². The van der Waals surface area contributed by atoms with Crippen molar-refractivity contribution in [2.75, 3.05) is 0 Å². The van der Waals surface area contributed by atoms with Crippen LogP contribution in [-0.4, -0.2) is 27.4 Å². The van der Waals surface area contributed by atoms with Gasteiger partial charge in [0.2, 0.25) is 0 Å². The molecule has 0 radical (unpaired) electrons. The molecule has 0 fully saturated rings.